The number of aromatic hydroxyl groups is 1. The predicted molar refractivity (Wildman–Crippen MR) is 96.1 cm³/mol. The predicted octanol–water partition coefficient (Wildman–Crippen LogP) is 2.47. The zero-order valence-corrected chi connectivity index (χ0v) is 13.0. The van der Waals surface area contributed by atoms with Crippen molar-refractivity contribution in [1.82, 2.24) is 0 Å². The Labute approximate surface area is 134 Å². The Kier molecular flexibility index (Phi) is 2.38. The standard InChI is InChI=1S/C21H17NO/c1-21(22)11-10-17-18-12-13-6-2-3-7-14(13)19(18)15-8-4-5-9-16(15)20(17)23-21/h2-13H,22H2,1H3/p+1. The Balaban J connectivity index is 2.02. The highest BCUT2D eigenvalue weighted by molar-refractivity contribution is 5.97. The molecule has 2 heteroatoms. The van der Waals surface area contributed by atoms with Crippen molar-refractivity contribution >= 4 is 28.5 Å². The molecule has 0 radical (unpaired) electrons. The summed E-state index contributed by atoms with van der Waals surface area (Å²) in [7, 11) is 0. The van der Waals surface area contributed by atoms with Gasteiger partial charge in [0.15, 0.2) is 0 Å². The zero-order valence-electron chi connectivity index (χ0n) is 13.0. The number of rotatable bonds is 0. The van der Waals surface area contributed by atoms with Crippen molar-refractivity contribution in [1.29, 1.82) is 0 Å². The van der Waals surface area contributed by atoms with Crippen molar-refractivity contribution in [2.75, 3.05) is 0 Å². The lowest BCUT2D eigenvalue weighted by molar-refractivity contribution is -0.0581. The number of allylic oxidation sites excluding steroid dienone is 4. The number of hydrogen-bond donors (Lipinski definition) is 1. The zero-order chi connectivity index (χ0) is 15.6. The molecule has 1 heterocycles. The molecule has 1 aliphatic heterocycles. The Morgan fingerprint density at radius 2 is 1.91 bits per heavy atom. The van der Waals surface area contributed by atoms with Gasteiger partial charge in [-0.2, -0.15) is 0 Å². The van der Waals surface area contributed by atoms with E-state index in [9.17, 15) is 0 Å². The van der Waals surface area contributed by atoms with E-state index in [2.05, 4.69) is 60.7 Å². The average Bonchev–Trinajstić information content (AvgIpc) is 2.94. The number of nitrogens with two attached hydrogens (primary N) is 1. The lowest BCUT2D eigenvalue weighted by Gasteiger charge is -2.25. The third-order valence-corrected chi connectivity index (χ3v) is 4.91. The fraction of sp³-hybridized carbons (Fsp3) is 0.143. The molecule has 3 aliphatic rings. The van der Waals surface area contributed by atoms with Crippen molar-refractivity contribution in [2.45, 2.75) is 12.6 Å². The molecule has 2 aliphatic carbocycles. The SMILES string of the molecule is CC1(N)C=Cc2c(c3ccccc3c3c2=CC2C=CC=CC=32)[OH+]1. The van der Waals surface area contributed by atoms with Crippen molar-refractivity contribution in [3.63, 3.8) is 0 Å². The van der Waals surface area contributed by atoms with Gasteiger partial charge in [-0.25, -0.2) is 5.73 Å². The van der Waals surface area contributed by atoms with Crippen LogP contribution in [-0.4, -0.2) is 10.5 Å². The monoisotopic (exact) mass is 300 g/mol. The van der Waals surface area contributed by atoms with Gasteiger partial charge in [0.05, 0.1) is 10.9 Å². The molecule has 23 heavy (non-hydrogen) atoms. The Bertz CT molecular complexity index is 1070. The second-order valence-corrected chi connectivity index (χ2v) is 6.66. The third kappa shape index (κ3) is 1.73. The van der Waals surface area contributed by atoms with Crippen LogP contribution < -0.4 is 16.2 Å². The van der Waals surface area contributed by atoms with Crippen molar-refractivity contribution in [3.05, 3.63) is 70.6 Å². The van der Waals surface area contributed by atoms with Crippen molar-refractivity contribution < 1.29 is 4.74 Å². The highest BCUT2D eigenvalue weighted by Gasteiger charge is 2.32. The van der Waals surface area contributed by atoms with E-state index in [1.165, 1.54) is 32.3 Å². The molecule has 2 nitrogen and oxygen atoms in total. The van der Waals surface area contributed by atoms with Crippen molar-refractivity contribution in [3.8, 4) is 5.75 Å². The smallest absolute Gasteiger partial charge is 0.272 e. The first-order valence-corrected chi connectivity index (χ1v) is 8.01. The van der Waals surface area contributed by atoms with Gasteiger partial charge in [-0.05, 0) is 33.5 Å². The number of fused-ring (bicyclic) bond motifs is 7. The normalized spacial score (nSPS) is 26.5. The molecule has 2 atom stereocenters. The molecule has 0 saturated heterocycles. The first-order chi connectivity index (χ1) is 11.1. The summed E-state index contributed by atoms with van der Waals surface area (Å²) < 4.78 is 4.83. The van der Waals surface area contributed by atoms with E-state index in [0.29, 0.717) is 5.92 Å². The molecule has 0 saturated carbocycles. The van der Waals surface area contributed by atoms with E-state index < -0.39 is 5.72 Å². The number of benzene rings is 2. The van der Waals surface area contributed by atoms with Crippen LogP contribution >= 0.6 is 0 Å². The number of ether oxygens (including phenoxy) is 1. The fourth-order valence-electron chi connectivity index (χ4n) is 3.90. The van der Waals surface area contributed by atoms with Gasteiger partial charge < -0.3 is 4.74 Å². The summed E-state index contributed by atoms with van der Waals surface area (Å²) in [6, 6.07) is 8.54. The molecule has 0 amide bonds. The van der Waals surface area contributed by atoms with Crippen LogP contribution in [0.25, 0.3) is 28.5 Å². The number of hydrogen-bond acceptors (Lipinski definition) is 1. The lowest BCUT2D eigenvalue weighted by Crippen LogP contribution is -2.41. The maximum absolute atomic E-state index is 6.25. The maximum atomic E-state index is 6.25. The van der Waals surface area contributed by atoms with Crippen LogP contribution in [0, 0.1) is 5.92 Å². The van der Waals surface area contributed by atoms with E-state index in [0.717, 1.165) is 5.75 Å². The molecule has 112 valence electrons. The molecular weight excluding hydrogens is 282 g/mol. The van der Waals surface area contributed by atoms with E-state index in [4.69, 9.17) is 10.5 Å². The van der Waals surface area contributed by atoms with E-state index in [1.807, 2.05) is 13.0 Å². The molecule has 5 rings (SSSR count). The Morgan fingerprint density at radius 1 is 1.09 bits per heavy atom. The summed E-state index contributed by atoms with van der Waals surface area (Å²) in [4.78, 5) is 0. The van der Waals surface area contributed by atoms with Crippen LogP contribution in [0.15, 0.2) is 54.6 Å². The molecule has 2 aromatic rings. The molecule has 2 aromatic carbocycles. The van der Waals surface area contributed by atoms with Gasteiger partial charge >= 0.3 is 0 Å². The average molecular weight is 300 g/mol. The molecular formula is C21H18NO+. The molecule has 0 aromatic heterocycles. The van der Waals surface area contributed by atoms with Gasteiger partial charge in [-0.3, -0.25) is 0 Å². The second kappa shape index (κ2) is 4.24. The summed E-state index contributed by atoms with van der Waals surface area (Å²) >= 11 is 0. The molecule has 0 bridgehead atoms. The van der Waals surface area contributed by atoms with Gasteiger partial charge in [0.2, 0.25) is 0 Å². The minimum Gasteiger partial charge on any atom is -0.564 e. The van der Waals surface area contributed by atoms with Gasteiger partial charge in [-0.1, -0.05) is 48.6 Å². The maximum Gasteiger partial charge on any atom is 0.272 e. The summed E-state index contributed by atoms with van der Waals surface area (Å²) in [5.74, 6) is 1.39. The molecule has 0 fully saturated rings. The van der Waals surface area contributed by atoms with E-state index >= 15 is 0 Å². The van der Waals surface area contributed by atoms with Gasteiger partial charge in [0, 0.05) is 18.9 Å². The lowest BCUT2D eigenvalue weighted by atomic mass is 9.94. The summed E-state index contributed by atoms with van der Waals surface area (Å²) in [5, 5.41) is 5.10. The minimum absolute atomic E-state index is 0.365. The minimum atomic E-state index is -0.637. The second-order valence-electron chi connectivity index (χ2n) is 6.66. The van der Waals surface area contributed by atoms with Gasteiger partial charge in [0.25, 0.3) is 11.5 Å². The van der Waals surface area contributed by atoms with Crippen LogP contribution in [0.5, 0.6) is 5.75 Å². The first-order valence-electron chi connectivity index (χ1n) is 8.01. The quantitative estimate of drug-likeness (QED) is 0.746. The van der Waals surface area contributed by atoms with Crippen LogP contribution in [0.4, 0.5) is 0 Å². The highest BCUT2D eigenvalue weighted by Crippen LogP contribution is 2.36. The van der Waals surface area contributed by atoms with Gasteiger partial charge in [0.1, 0.15) is 0 Å². The molecule has 3 N–H and O–H groups in total. The molecule has 2 unspecified atom stereocenters. The van der Waals surface area contributed by atoms with E-state index in [1.54, 1.807) is 0 Å². The first kappa shape index (κ1) is 12.9. The summed E-state index contributed by atoms with van der Waals surface area (Å²) in [5.41, 5.74) is 8.20. The topological polar surface area (TPSA) is 38.8 Å². The number of aliphatic hydroxyl groups is 1. The molecule has 0 spiro atoms. The third-order valence-electron chi connectivity index (χ3n) is 4.91. The fourth-order valence-corrected chi connectivity index (χ4v) is 3.90. The highest BCUT2D eigenvalue weighted by atomic mass is 16.5. The Hall–Kier alpha value is -2.58. The van der Waals surface area contributed by atoms with Crippen LogP contribution in [0.2, 0.25) is 0 Å². The summed E-state index contributed by atoms with van der Waals surface area (Å²) in [6.07, 6.45) is 15.2. The van der Waals surface area contributed by atoms with Crippen LogP contribution in [-0.2, 0) is 0 Å². The van der Waals surface area contributed by atoms with Gasteiger partial charge in [-0.15, -0.1) is 0 Å². The summed E-state index contributed by atoms with van der Waals surface area (Å²) in [6.45, 7) is 1.94. The van der Waals surface area contributed by atoms with Crippen molar-refractivity contribution in [2.24, 2.45) is 11.7 Å². The Morgan fingerprint density at radius 3 is 2.78 bits per heavy atom. The van der Waals surface area contributed by atoms with Crippen LogP contribution in [0.1, 0.15) is 12.5 Å². The largest absolute Gasteiger partial charge is 0.564 e. The van der Waals surface area contributed by atoms with E-state index in [-0.39, 0.29) is 0 Å². The van der Waals surface area contributed by atoms with Crippen LogP contribution in [0.3, 0.4) is 0 Å².